The monoisotopic (exact) mass is 359 g/mol. The van der Waals surface area contributed by atoms with Gasteiger partial charge in [-0.2, -0.15) is 0 Å². The van der Waals surface area contributed by atoms with Crippen molar-refractivity contribution in [3.05, 3.63) is 40.3 Å². The van der Waals surface area contributed by atoms with Gasteiger partial charge in [0.15, 0.2) is 0 Å². The fourth-order valence-electron chi connectivity index (χ4n) is 1.99. The molecule has 2 aromatic rings. The number of nitrogens with zero attached hydrogens (tertiary/aromatic N) is 1. The number of thiazole rings is 1. The zero-order valence-electron chi connectivity index (χ0n) is 15.3. The van der Waals surface area contributed by atoms with E-state index in [0.717, 1.165) is 10.7 Å². The third kappa shape index (κ3) is 5.67. The molecule has 1 aromatic carbocycles. The summed E-state index contributed by atoms with van der Waals surface area (Å²) in [4.78, 5) is 28.6. The maximum atomic E-state index is 12.1. The van der Waals surface area contributed by atoms with Gasteiger partial charge in [-0.25, -0.2) is 4.98 Å². The summed E-state index contributed by atoms with van der Waals surface area (Å²) in [6.45, 7) is 9.76. The van der Waals surface area contributed by atoms with E-state index in [1.807, 2.05) is 26.2 Å². The van der Waals surface area contributed by atoms with Gasteiger partial charge < -0.3 is 10.6 Å². The maximum absolute atomic E-state index is 12.1. The largest absolute Gasteiger partial charge is 0.326 e. The molecule has 0 saturated heterocycles. The molecule has 0 spiro atoms. The van der Waals surface area contributed by atoms with E-state index in [-0.39, 0.29) is 18.2 Å². The van der Waals surface area contributed by atoms with Gasteiger partial charge in [0.05, 0.1) is 17.1 Å². The average Bonchev–Trinajstić information content (AvgIpc) is 2.97. The summed E-state index contributed by atoms with van der Waals surface area (Å²) in [5.41, 5.74) is 1.74. The quantitative estimate of drug-likeness (QED) is 0.829. The molecule has 0 saturated carbocycles. The van der Waals surface area contributed by atoms with Crippen molar-refractivity contribution >= 4 is 34.5 Å². The van der Waals surface area contributed by atoms with Crippen LogP contribution in [-0.4, -0.2) is 16.8 Å². The number of hydrogen-bond acceptors (Lipinski definition) is 4. The highest BCUT2D eigenvalue weighted by Gasteiger charge is 2.21. The number of anilines is 2. The Bertz CT molecular complexity index is 743. The van der Waals surface area contributed by atoms with E-state index in [1.165, 1.54) is 0 Å². The van der Waals surface area contributed by atoms with E-state index >= 15 is 0 Å². The number of hydrogen-bond donors (Lipinski definition) is 2. The van der Waals surface area contributed by atoms with Crippen LogP contribution in [0.1, 0.15) is 51.2 Å². The minimum atomic E-state index is -0.449. The molecule has 0 aliphatic rings. The summed E-state index contributed by atoms with van der Waals surface area (Å²) >= 11 is 1.58. The lowest BCUT2D eigenvalue weighted by molar-refractivity contribution is -0.123. The first kappa shape index (κ1) is 19.1. The van der Waals surface area contributed by atoms with Crippen LogP contribution in [0.4, 0.5) is 11.4 Å². The normalized spacial score (nSPS) is 11.4. The number of benzene rings is 1. The standard InChI is InChI=1S/C19H25N3O2S/c1-12(2)17-21-15(11-25-17)10-16(23)20-13-6-8-14(9-7-13)22-18(24)19(3,4)5/h6-9,11-12H,10H2,1-5H3,(H,20,23)(H,22,24). The minimum absolute atomic E-state index is 0.0474. The second-order valence-corrected chi connectivity index (χ2v) is 8.23. The first-order valence-corrected chi connectivity index (χ1v) is 9.19. The Kier molecular flexibility index (Phi) is 5.95. The van der Waals surface area contributed by atoms with E-state index < -0.39 is 5.41 Å². The van der Waals surface area contributed by atoms with Crippen LogP contribution in [0, 0.1) is 5.41 Å². The number of amides is 2. The van der Waals surface area contributed by atoms with Crippen LogP contribution in [0.15, 0.2) is 29.6 Å². The van der Waals surface area contributed by atoms with Gasteiger partial charge >= 0.3 is 0 Å². The van der Waals surface area contributed by atoms with Gasteiger partial charge in [0.25, 0.3) is 0 Å². The minimum Gasteiger partial charge on any atom is -0.326 e. The molecular formula is C19H25N3O2S. The van der Waals surface area contributed by atoms with Crippen molar-refractivity contribution in [1.82, 2.24) is 4.98 Å². The van der Waals surface area contributed by atoms with Crippen molar-refractivity contribution in [2.24, 2.45) is 5.41 Å². The van der Waals surface area contributed by atoms with Gasteiger partial charge in [-0.05, 0) is 24.3 Å². The van der Waals surface area contributed by atoms with Gasteiger partial charge in [-0.1, -0.05) is 34.6 Å². The first-order valence-electron chi connectivity index (χ1n) is 8.31. The number of aromatic nitrogens is 1. The molecule has 2 amide bonds. The van der Waals surface area contributed by atoms with E-state index in [0.29, 0.717) is 17.3 Å². The third-order valence-corrected chi connectivity index (χ3v) is 4.71. The Morgan fingerprint density at radius 3 is 2.12 bits per heavy atom. The highest BCUT2D eigenvalue weighted by molar-refractivity contribution is 7.09. The highest BCUT2D eigenvalue weighted by atomic mass is 32.1. The van der Waals surface area contributed by atoms with Crippen LogP contribution >= 0.6 is 11.3 Å². The zero-order chi connectivity index (χ0) is 18.6. The molecule has 6 heteroatoms. The van der Waals surface area contributed by atoms with Crippen LogP contribution in [0.3, 0.4) is 0 Å². The van der Waals surface area contributed by atoms with E-state index in [2.05, 4.69) is 29.5 Å². The summed E-state index contributed by atoms with van der Waals surface area (Å²) in [7, 11) is 0. The maximum Gasteiger partial charge on any atom is 0.230 e. The van der Waals surface area contributed by atoms with Crippen LogP contribution < -0.4 is 10.6 Å². The average molecular weight is 359 g/mol. The van der Waals surface area contributed by atoms with Crippen molar-refractivity contribution in [3.8, 4) is 0 Å². The molecule has 0 aliphatic heterocycles. The number of carbonyl (C=O) groups is 2. The molecule has 0 bridgehead atoms. The van der Waals surface area contributed by atoms with E-state index in [4.69, 9.17) is 0 Å². The van der Waals surface area contributed by atoms with Crippen molar-refractivity contribution in [3.63, 3.8) is 0 Å². The second kappa shape index (κ2) is 7.78. The fraction of sp³-hybridized carbons (Fsp3) is 0.421. The summed E-state index contributed by atoms with van der Waals surface area (Å²) in [5, 5.41) is 8.68. The molecule has 1 heterocycles. The topological polar surface area (TPSA) is 71.1 Å². The Balaban J connectivity index is 1.91. The summed E-state index contributed by atoms with van der Waals surface area (Å²) in [5.74, 6) is 0.221. The predicted octanol–water partition coefficient (Wildman–Crippen LogP) is 4.43. The molecule has 25 heavy (non-hydrogen) atoms. The Hall–Kier alpha value is -2.21. The van der Waals surface area contributed by atoms with Crippen LogP contribution in [0.5, 0.6) is 0 Å². The SMILES string of the molecule is CC(C)c1nc(CC(=O)Nc2ccc(NC(=O)C(C)(C)C)cc2)cs1. The van der Waals surface area contributed by atoms with E-state index in [1.54, 1.807) is 35.6 Å². The van der Waals surface area contributed by atoms with Crippen molar-refractivity contribution in [2.45, 2.75) is 47.0 Å². The van der Waals surface area contributed by atoms with Gasteiger partial charge in [0.1, 0.15) is 0 Å². The second-order valence-electron chi connectivity index (χ2n) is 7.34. The first-order chi connectivity index (χ1) is 11.6. The van der Waals surface area contributed by atoms with Gasteiger partial charge in [0, 0.05) is 28.1 Å². The smallest absolute Gasteiger partial charge is 0.230 e. The van der Waals surface area contributed by atoms with Crippen LogP contribution in [0.25, 0.3) is 0 Å². The molecule has 0 aliphatic carbocycles. The Morgan fingerprint density at radius 2 is 1.64 bits per heavy atom. The lowest BCUT2D eigenvalue weighted by atomic mass is 9.95. The molecular weight excluding hydrogens is 334 g/mol. The van der Waals surface area contributed by atoms with Crippen molar-refractivity contribution < 1.29 is 9.59 Å². The molecule has 0 unspecified atom stereocenters. The molecule has 5 nitrogen and oxygen atoms in total. The van der Waals surface area contributed by atoms with Crippen LogP contribution in [-0.2, 0) is 16.0 Å². The fourth-order valence-corrected chi connectivity index (χ4v) is 2.83. The predicted molar refractivity (Wildman–Crippen MR) is 103 cm³/mol. The highest BCUT2D eigenvalue weighted by Crippen LogP contribution is 2.21. The van der Waals surface area contributed by atoms with E-state index in [9.17, 15) is 9.59 Å². The summed E-state index contributed by atoms with van der Waals surface area (Å²) < 4.78 is 0. The van der Waals surface area contributed by atoms with Crippen molar-refractivity contribution in [1.29, 1.82) is 0 Å². The number of rotatable bonds is 5. The molecule has 2 rings (SSSR count). The summed E-state index contributed by atoms with van der Waals surface area (Å²) in [6, 6.07) is 7.10. The Morgan fingerprint density at radius 1 is 1.08 bits per heavy atom. The number of carbonyl (C=O) groups excluding carboxylic acids is 2. The molecule has 2 N–H and O–H groups in total. The molecule has 0 atom stereocenters. The van der Waals surface area contributed by atoms with Gasteiger partial charge in [-0.15, -0.1) is 11.3 Å². The molecule has 134 valence electrons. The molecule has 0 fully saturated rings. The molecule has 0 radical (unpaired) electrons. The number of nitrogens with one attached hydrogen (secondary N) is 2. The van der Waals surface area contributed by atoms with Gasteiger partial charge in [0.2, 0.25) is 11.8 Å². The third-order valence-electron chi connectivity index (χ3n) is 3.51. The molecule has 1 aromatic heterocycles. The summed E-state index contributed by atoms with van der Waals surface area (Å²) in [6.07, 6.45) is 0.256. The Labute approximate surface area is 152 Å². The van der Waals surface area contributed by atoms with Crippen molar-refractivity contribution in [2.75, 3.05) is 10.6 Å². The lowest BCUT2D eigenvalue weighted by Crippen LogP contribution is -2.27. The van der Waals surface area contributed by atoms with Gasteiger partial charge in [-0.3, -0.25) is 9.59 Å². The van der Waals surface area contributed by atoms with Crippen LogP contribution in [0.2, 0.25) is 0 Å². The zero-order valence-corrected chi connectivity index (χ0v) is 16.2. The lowest BCUT2D eigenvalue weighted by Gasteiger charge is -2.17.